The van der Waals surface area contributed by atoms with Crippen molar-refractivity contribution in [2.45, 2.75) is 6.92 Å². The number of ether oxygens (including phenoxy) is 1. The van der Waals surface area contributed by atoms with E-state index in [1.807, 2.05) is 6.92 Å². The number of morpholine rings is 1. The summed E-state index contributed by atoms with van der Waals surface area (Å²) in [4.78, 5) is 10.9. The van der Waals surface area contributed by atoms with Gasteiger partial charge in [-0.05, 0) is 25.1 Å². The second kappa shape index (κ2) is 5.50. The molecule has 2 aromatic rings. The molecule has 1 aliphatic rings. The van der Waals surface area contributed by atoms with Crippen LogP contribution in [0.15, 0.2) is 18.2 Å². The van der Waals surface area contributed by atoms with Crippen molar-refractivity contribution in [1.82, 2.24) is 9.97 Å². The number of anilines is 3. The number of nitrogens with two attached hydrogens (primary N) is 1. The fourth-order valence-corrected chi connectivity index (χ4v) is 2.46. The highest BCUT2D eigenvalue weighted by Crippen LogP contribution is 2.26. The summed E-state index contributed by atoms with van der Waals surface area (Å²) in [6.07, 6.45) is 0. The molecule has 0 radical (unpaired) electrons. The van der Waals surface area contributed by atoms with Crippen molar-refractivity contribution in [3.05, 3.63) is 18.2 Å². The third-order valence-corrected chi connectivity index (χ3v) is 3.42. The molecule has 1 aromatic heterocycles. The summed E-state index contributed by atoms with van der Waals surface area (Å²) in [7, 11) is 0. The largest absolute Gasteiger partial charge is 0.378 e. The highest BCUT2D eigenvalue weighted by atomic mass is 16.5. The summed E-state index contributed by atoms with van der Waals surface area (Å²) in [6, 6.07) is 6.23. The number of benzene rings is 1. The molecule has 6 heteroatoms. The highest BCUT2D eigenvalue weighted by Gasteiger charge is 2.13. The number of fused-ring (bicyclic) bond motifs is 1. The van der Waals surface area contributed by atoms with Gasteiger partial charge in [0.2, 0.25) is 5.95 Å². The Balaban J connectivity index is 2.01. The minimum atomic E-state index is 0.299. The summed E-state index contributed by atoms with van der Waals surface area (Å²) in [6.45, 7) is 6.19. The molecule has 1 aromatic carbocycles. The number of aromatic nitrogens is 2. The quantitative estimate of drug-likeness (QED) is 0.882. The predicted molar refractivity (Wildman–Crippen MR) is 81.1 cm³/mol. The Morgan fingerprint density at radius 2 is 2.10 bits per heavy atom. The van der Waals surface area contributed by atoms with Crippen LogP contribution >= 0.6 is 0 Å². The van der Waals surface area contributed by atoms with Crippen LogP contribution in [0.2, 0.25) is 0 Å². The van der Waals surface area contributed by atoms with E-state index in [-0.39, 0.29) is 0 Å². The summed E-state index contributed by atoms with van der Waals surface area (Å²) in [5, 5.41) is 4.22. The average Bonchev–Trinajstić information content (AvgIpc) is 2.47. The van der Waals surface area contributed by atoms with Crippen molar-refractivity contribution in [1.29, 1.82) is 0 Å². The van der Waals surface area contributed by atoms with Crippen molar-refractivity contribution in [3.8, 4) is 0 Å². The van der Waals surface area contributed by atoms with E-state index in [0.29, 0.717) is 5.95 Å². The lowest BCUT2D eigenvalue weighted by Gasteiger charge is -2.29. The van der Waals surface area contributed by atoms with Gasteiger partial charge in [0.1, 0.15) is 5.82 Å². The Morgan fingerprint density at radius 1 is 1.30 bits per heavy atom. The van der Waals surface area contributed by atoms with Gasteiger partial charge in [0, 0.05) is 30.7 Å². The van der Waals surface area contributed by atoms with Crippen LogP contribution in [0, 0.1) is 0 Å². The Hall–Kier alpha value is -2.08. The molecule has 3 N–H and O–H groups in total. The molecule has 1 fully saturated rings. The Morgan fingerprint density at radius 3 is 2.85 bits per heavy atom. The zero-order valence-electron chi connectivity index (χ0n) is 11.6. The first-order valence-corrected chi connectivity index (χ1v) is 6.92. The lowest BCUT2D eigenvalue weighted by molar-refractivity contribution is 0.122. The van der Waals surface area contributed by atoms with E-state index in [1.54, 1.807) is 0 Å². The molecule has 106 valence electrons. The van der Waals surface area contributed by atoms with E-state index in [4.69, 9.17) is 10.5 Å². The molecule has 0 atom stereocenters. The number of rotatable bonds is 3. The molecule has 20 heavy (non-hydrogen) atoms. The van der Waals surface area contributed by atoms with Crippen molar-refractivity contribution >= 4 is 28.4 Å². The molecule has 1 aliphatic heterocycles. The maximum atomic E-state index is 5.79. The summed E-state index contributed by atoms with van der Waals surface area (Å²) < 4.78 is 5.38. The number of hydrogen-bond acceptors (Lipinski definition) is 6. The van der Waals surface area contributed by atoms with E-state index in [1.165, 1.54) is 0 Å². The van der Waals surface area contributed by atoms with E-state index < -0.39 is 0 Å². The minimum Gasteiger partial charge on any atom is -0.378 e. The molecule has 0 saturated carbocycles. The molecule has 1 saturated heterocycles. The number of nitrogens with zero attached hydrogens (tertiary/aromatic N) is 3. The van der Waals surface area contributed by atoms with E-state index in [0.717, 1.165) is 55.3 Å². The molecule has 3 rings (SSSR count). The first kappa shape index (κ1) is 12.9. The molecular weight excluding hydrogens is 254 g/mol. The van der Waals surface area contributed by atoms with Crippen LogP contribution in [0.3, 0.4) is 0 Å². The number of hydrogen-bond donors (Lipinski definition) is 2. The standard InChI is InChI=1S/C14H19N5O/c1-2-16-13-11-4-3-10(19-5-7-20-8-6-19)9-12(11)17-14(15)18-13/h3-4,9H,2,5-8H2,1H3,(H3,15,16,17,18). The van der Waals surface area contributed by atoms with Crippen LogP contribution in [-0.2, 0) is 4.74 Å². The number of nitrogen functional groups attached to an aromatic ring is 1. The van der Waals surface area contributed by atoms with Crippen LogP contribution in [-0.4, -0.2) is 42.8 Å². The van der Waals surface area contributed by atoms with Gasteiger partial charge in [0.05, 0.1) is 18.7 Å². The molecular formula is C14H19N5O. The van der Waals surface area contributed by atoms with Gasteiger partial charge in [-0.3, -0.25) is 0 Å². The second-order valence-electron chi connectivity index (χ2n) is 4.76. The van der Waals surface area contributed by atoms with Gasteiger partial charge in [0.15, 0.2) is 0 Å². The molecule has 0 bridgehead atoms. The average molecular weight is 273 g/mol. The second-order valence-corrected chi connectivity index (χ2v) is 4.76. The van der Waals surface area contributed by atoms with Crippen LogP contribution in [0.5, 0.6) is 0 Å². The maximum Gasteiger partial charge on any atom is 0.222 e. The predicted octanol–water partition coefficient (Wildman–Crippen LogP) is 1.48. The molecule has 0 amide bonds. The monoisotopic (exact) mass is 273 g/mol. The fraction of sp³-hybridized carbons (Fsp3) is 0.429. The zero-order valence-corrected chi connectivity index (χ0v) is 11.6. The van der Waals surface area contributed by atoms with E-state index >= 15 is 0 Å². The molecule has 6 nitrogen and oxygen atoms in total. The van der Waals surface area contributed by atoms with Gasteiger partial charge in [0.25, 0.3) is 0 Å². The van der Waals surface area contributed by atoms with Crippen molar-refractivity contribution in [2.24, 2.45) is 0 Å². The topological polar surface area (TPSA) is 76.3 Å². The zero-order chi connectivity index (χ0) is 13.9. The normalized spacial score (nSPS) is 15.6. The Labute approximate surface area is 117 Å². The molecule has 2 heterocycles. The first-order chi connectivity index (χ1) is 9.78. The maximum absolute atomic E-state index is 5.79. The molecule has 0 unspecified atom stereocenters. The summed E-state index contributed by atoms with van der Waals surface area (Å²) in [5.74, 6) is 1.09. The van der Waals surface area contributed by atoms with Gasteiger partial charge < -0.3 is 20.7 Å². The first-order valence-electron chi connectivity index (χ1n) is 6.92. The van der Waals surface area contributed by atoms with Crippen molar-refractivity contribution < 1.29 is 4.74 Å². The molecule has 0 aliphatic carbocycles. The van der Waals surface area contributed by atoms with Crippen LogP contribution in [0.1, 0.15) is 6.92 Å². The third kappa shape index (κ3) is 2.46. The highest BCUT2D eigenvalue weighted by molar-refractivity contribution is 5.92. The van der Waals surface area contributed by atoms with Crippen molar-refractivity contribution in [2.75, 3.05) is 48.8 Å². The van der Waals surface area contributed by atoms with Crippen LogP contribution in [0.4, 0.5) is 17.5 Å². The van der Waals surface area contributed by atoms with E-state index in [9.17, 15) is 0 Å². The summed E-state index contributed by atoms with van der Waals surface area (Å²) >= 11 is 0. The lowest BCUT2D eigenvalue weighted by atomic mass is 10.2. The van der Waals surface area contributed by atoms with Crippen LogP contribution in [0.25, 0.3) is 10.9 Å². The van der Waals surface area contributed by atoms with Crippen molar-refractivity contribution in [3.63, 3.8) is 0 Å². The van der Waals surface area contributed by atoms with Gasteiger partial charge in [-0.1, -0.05) is 0 Å². The minimum absolute atomic E-state index is 0.299. The Bertz CT molecular complexity index is 610. The molecule has 0 spiro atoms. The smallest absolute Gasteiger partial charge is 0.222 e. The van der Waals surface area contributed by atoms with Gasteiger partial charge in [-0.15, -0.1) is 0 Å². The number of nitrogens with one attached hydrogen (secondary N) is 1. The van der Waals surface area contributed by atoms with Gasteiger partial charge >= 0.3 is 0 Å². The van der Waals surface area contributed by atoms with Gasteiger partial charge in [-0.25, -0.2) is 4.98 Å². The van der Waals surface area contributed by atoms with Gasteiger partial charge in [-0.2, -0.15) is 4.98 Å². The SMILES string of the molecule is CCNc1nc(N)nc2cc(N3CCOCC3)ccc12. The Kier molecular flexibility index (Phi) is 3.56. The van der Waals surface area contributed by atoms with Crippen LogP contribution < -0.4 is 16.0 Å². The van der Waals surface area contributed by atoms with E-state index in [2.05, 4.69) is 38.4 Å². The lowest BCUT2D eigenvalue weighted by Crippen LogP contribution is -2.36. The third-order valence-electron chi connectivity index (χ3n) is 3.42. The summed E-state index contributed by atoms with van der Waals surface area (Å²) in [5.41, 5.74) is 7.81. The fourth-order valence-electron chi connectivity index (χ4n) is 2.46.